The van der Waals surface area contributed by atoms with E-state index in [0.717, 1.165) is 105 Å². The summed E-state index contributed by atoms with van der Waals surface area (Å²) in [4.78, 5) is 31.3. The van der Waals surface area contributed by atoms with Crippen LogP contribution in [0.1, 0.15) is 0 Å². The Morgan fingerprint density at radius 1 is 0.147 bits per heavy atom. The van der Waals surface area contributed by atoms with Gasteiger partial charge in [0, 0.05) is 92.9 Å². The van der Waals surface area contributed by atoms with Crippen LogP contribution in [0.2, 0.25) is 0 Å². The second-order valence-corrected chi connectivity index (χ2v) is 35.5. The molecule has 0 aliphatic rings. The van der Waals surface area contributed by atoms with Gasteiger partial charge in [-0.3, -0.25) is 0 Å². The van der Waals surface area contributed by atoms with Gasteiger partial charge in [-0.25, -0.2) is 29.9 Å². The summed E-state index contributed by atoms with van der Waals surface area (Å²) in [5, 5.41) is 31.0. The number of hydrogen-bond donors (Lipinski definition) is 0. The molecule has 0 atom stereocenters. The molecule has 0 amide bonds. The third-order valence-corrected chi connectivity index (χ3v) is 27.9. The van der Waals surface area contributed by atoms with E-state index in [2.05, 4.69) is 443 Å². The molecule has 10 heteroatoms. The van der Waals surface area contributed by atoms with Crippen LogP contribution in [0.3, 0.4) is 0 Å². The van der Waals surface area contributed by atoms with Crippen LogP contribution in [0.4, 0.5) is 0 Å². The molecule has 136 heavy (non-hydrogen) atoms. The van der Waals surface area contributed by atoms with Crippen molar-refractivity contribution in [2.45, 2.75) is 0 Å². The lowest BCUT2D eigenvalue weighted by atomic mass is 9.96. The molecule has 630 valence electrons. The van der Waals surface area contributed by atoms with Crippen LogP contribution in [0, 0.1) is 0 Å². The van der Waals surface area contributed by atoms with Crippen LogP contribution in [-0.4, -0.2) is 48.2 Å². The van der Waals surface area contributed by atoms with Gasteiger partial charge in [0.25, 0.3) is 0 Å². The minimum atomic E-state index is 0.621. The summed E-state index contributed by atoms with van der Waals surface area (Å²) in [6, 6.07) is 166. The standard InChI is InChI=1S/C65H39N5.C61H37N5/c1-2-17-40(18-3-1)63-66-64(68-65(67-63)54-37-45-23-8-9-24-46(45)47-25-10-11-26-48(47)54)52-33-34-57(50-28-13-12-27-49(50)52)70-59-32-16-31-58(62(59)55-36-42-20-5-7-22-44(42)39-61(55)70)69-56-30-15-14-29-51(56)53-35-41-19-4-6-21-43(41)38-60(53)69;1-2-15-39(16-3-1)59-62-60(64-61(63-59)45-30-33-48-44(34-45)27-26-38-14-6-8-20-47(38)48)40-28-31-46(32-29-40)65-54-24-12-11-23-51(54)53-36-43-19-7-9-21-49(43)57(58(53)65)66-55-25-13-10-22-50(55)52-35-41-17-4-5-18-42(41)37-56(52)66/h1-39H;1-37H. The third kappa shape index (κ3) is 12.1. The first-order valence-electron chi connectivity index (χ1n) is 46.3. The zero-order valence-electron chi connectivity index (χ0n) is 73.4. The average Bonchev–Trinajstić information content (AvgIpc) is 1.54. The highest BCUT2D eigenvalue weighted by Crippen LogP contribution is 2.49. The molecule has 23 aromatic carbocycles. The van der Waals surface area contributed by atoms with Gasteiger partial charge in [-0.15, -0.1) is 0 Å². The van der Waals surface area contributed by atoms with Crippen molar-refractivity contribution in [1.29, 1.82) is 0 Å². The quantitative estimate of drug-likeness (QED) is 0.127. The van der Waals surface area contributed by atoms with Crippen LogP contribution in [0.15, 0.2) is 461 Å². The molecule has 0 saturated carbocycles. The lowest BCUT2D eigenvalue weighted by Gasteiger charge is -2.17. The number of aromatic nitrogens is 10. The first-order chi connectivity index (χ1) is 67.4. The highest BCUT2D eigenvalue weighted by Gasteiger charge is 2.28. The maximum Gasteiger partial charge on any atom is 0.164 e. The predicted octanol–water partition coefficient (Wildman–Crippen LogP) is 32.5. The number of benzene rings is 23. The Morgan fingerprint density at radius 2 is 0.507 bits per heavy atom. The van der Waals surface area contributed by atoms with Gasteiger partial charge in [0.05, 0.1) is 61.2 Å². The van der Waals surface area contributed by atoms with Crippen molar-refractivity contribution < 1.29 is 0 Å². The highest BCUT2D eigenvalue weighted by atomic mass is 15.1. The molecular formula is C126H76N10. The Balaban J connectivity index is 0.000000135. The van der Waals surface area contributed by atoms with Crippen molar-refractivity contribution in [1.82, 2.24) is 48.2 Å². The molecule has 0 N–H and O–H groups in total. The minimum Gasteiger partial charge on any atom is -0.309 e. The van der Waals surface area contributed by atoms with Crippen molar-refractivity contribution in [3.05, 3.63) is 461 Å². The van der Waals surface area contributed by atoms with Crippen molar-refractivity contribution in [3.8, 4) is 91.1 Å². The van der Waals surface area contributed by atoms with Crippen molar-refractivity contribution in [3.63, 3.8) is 0 Å². The van der Waals surface area contributed by atoms with Gasteiger partial charge < -0.3 is 18.3 Å². The van der Waals surface area contributed by atoms with Gasteiger partial charge in [0.2, 0.25) is 0 Å². The Morgan fingerprint density at radius 3 is 1.10 bits per heavy atom. The topological polar surface area (TPSA) is 97.1 Å². The van der Waals surface area contributed by atoms with E-state index >= 15 is 0 Å². The minimum absolute atomic E-state index is 0.621. The number of hydrogen-bond acceptors (Lipinski definition) is 6. The second-order valence-electron chi connectivity index (χ2n) is 35.5. The summed E-state index contributed by atoms with van der Waals surface area (Å²) in [5.74, 6) is 3.78. The molecule has 0 unspecified atom stereocenters. The van der Waals surface area contributed by atoms with Crippen molar-refractivity contribution in [2.24, 2.45) is 0 Å². The van der Waals surface area contributed by atoms with Gasteiger partial charge in [-0.1, -0.05) is 340 Å². The van der Waals surface area contributed by atoms with E-state index in [1.807, 2.05) is 36.4 Å². The van der Waals surface area contributed by atoms with E-state index in [1.54, 1.807) is 0 Å². The number of para-hydroxylation sites is 3. The first kappa shape index (κ1) is 76.5. The monoisotopic (exact) mass is 1730 g/mol. The third-order valence-electron chi connectivity index (χ3n) is 27.9. The fourth-order valence-corrected chi connectivity index (χ4v) is 21.8. The molecule has 0 bridgehead atoms. The van der Waals surface area contributed by atoms with Crippen molar-refractivity contribution >= 4 is 184 Å². The van der Waals surface area contributed by atoms with E-state index in [0.29, 0.717) is 34.9 Å². The van der Waals surface area contributed by atoms with Crippen molar-refractivity contribution in [2.75, 3.05) is 0 Å². The molecule has 29 aromatic rings. The smallest absolute Gasteiger partial charge is 0.164 e. The van der Waals surface area contributed by atoms with Crippen LogP contribution < -0.4 is 0 Å². The van der Waals surface area contributed by atoms with E-state index in [9.17, 15) is 0 Å². The normalized spacial score (nSPS) is 12.0. The molecule has 0 aliphatic carbocycles. The summed E-state index contributed by atoms with van der Waals surface area (Å²) >= 11 is 0. The molecule has 10 nitrogen and oxygen atoms in total. The van der Waals surface area contributed by atoms with Crippen LogP contribution in [0.5, 0.6) is 0 Å². The van der Waals surface area contributed by atoms with Gasteiger partial charge >= 0.3 is 0 Å². The van der Waals surface area contributed by atoms with Gasteiger partial charge in [0.1, 0.15) is 0 Å². The van der Waals surface area contributed by atoms with E-state index < -0.39 is 0 Å². The number of nitrogens with zero attached hydrogens (tertiary/aromatic N) is 10. The first-order valence-corrected chi connectivity index (χ1v) is 46.3. The molecule has 0 aliphatic heterocycles. The molecule has 6 aromatic heterocycles. The number of fused-ring (bicyclic) bond motifs is 23. The Hall–Kier alpha value is -18.4. The Kier molecular flexibility index (Phi) is 17.2. The Bertz CT molecular complexity index is 10100. The highest BCUT2D eigenvalue weighted by molar-refractivity contribution is 6.24. The van der Waals surface area contributed by atoms with Crippen LogP contribution in [-0.2, 0) is 0 Å². The fraction of sp³-hybridized carbons (Fsp3) is 0. The molecule has 0 radical (unpaired) electrons. The van der Waals surface area contributed by atoms with Gasteiger partial charge in [-0.2, -0.15) is 0 Å². The van der Waals surface area contributed by atoms with Crippen LogP contribution in [0.25, 0.3) is 275 Å². The molecule has 0 spiro atoms. The van der Waals surface area contributed by atoms with E-state index in [-0.39, 0.29) is 0 Å². The maximum absolute atomic E-state index is 5.41. The average molecular weight is 1730 g/mol. The van der Waals surface area contributed by atoms with Gasteiger partial charge in [-0.05, 0) is 208 Å². The van der Waals surface area contributed by atoms with E-state index in [1.165, 1.54) is 135 Å². The largest absolute Gasteiger partial charge is 0.309 e. The molecule has 0 saturated heterocycles. The zero-order chi connectivity index (χ0) is 89.2. The fourth-order valence-electron chi connectivity index (χ4n) is 21.8. The summed E-state index contributed by atoms with van der Waals surface area (Å²) < 4.78 is 9.93. The molecular weight excluding hydrogens is 1650 g/mol. The second kappa shape index (κ2) is 30.6. The SMILES string of the molecule is c1ccc(-c2nc(-c3ccc(-n4c5cc6ccccc6cc5c5c(-n6c7ccccc7c7cc8ccccc8cc76)cccc54)c4ccccc34)nc(-c3cc4ccccc4c4ccccc34)n2)cc1.c1ccc(-c2nc(-c3ccc(-n4c5ccccc5c5cc6ccccc6c(-n6c7ccccc7c7cc8ccccc8cc76)c54)cc3)nc(-c3ccc4c(ccc5ccccc54)c3)n2)cc1. The van der Waals surface area contributed by atoms with Gasteiger partial charge in [0.15, 0.2) is 34.9 Å². The van der Waals surface area contributed by atoms with E-state index in [4.69, 9.17) is 29.9 Å². The summed E-state index contributed by atoms with van der Waals surface area (Å²) in [7, 11) is 0. The summed E-state index contributed by atoms with van der Waals surface area (Å²) in [6.45, 7) is 0. The summed E-state index contributed by atoms with van der Waals surface area (Å²) in [6.07, 6.45) is 0. The number of rotatable bonds is 10. The lowest BCUT2D eigenvalue weighted by Crippen LogP contribution is -2.02. The molecule has 6 heterocycles. The molecule has 0 fully saturated rings. The zero-order valence-corrected chi connectivity index (χ0v) is 73.4. The lowest BCUT2D eigenvalue weighted by molar-refractivity contribution is 1.07. The summed E-state index contributed by atoms with van der Waals surface area (Å²) in [5.41, 5.74) is 19.3. The Labute approximate surface area is 779 Å². The molecule has 29 rings (SSSR count). The maximum atomic E-state index is 5.41. The predicted molar refractivity (Wildman–Crippen MR) is 567 cm³/mol. The van der Waals surface area contributed by atoms with Crippen LogP contribution >= 0.6 is 0 Å².